The smallest absolute Gasteiger partial charge is 0.270 e. The van der Waals surface area contributed by atoms with E-state index in [-0.39, 0.29) is 23.4 Å². The number of rotatable bonds is 2. The van der Waals surface area contributed by atoms with Gasteiger partial charge in [-0.25, -0.2) is 4.98 Å². The summed E-state index contributed by atoms with van der Waals surface area (Å²) >= 11 is 0. The Balaban J connectivity index is 1.79. The third-order valence-electron chi connectivity index (χ3n) is 4.48. The number of hydrogen-bond acceptors (Lipinski definition) is 3. The quantitative estimate of drug-likeness (QED) is 0.877. The molecule has 3 rings (SSSR count). The highest BCUT2D eigenvalue weighted by Crippen LogP contribution is 2.39. The Morgan fingerprint density at radius 2 is 2.05 bits per heavy atom. The van der Waals surface area contributed by atoms with Crippen molar-refractivity contribution in [1.82, 2.24) is 10.3 Å². The minimum atomic E-state index is -0.124. The molecule has 1 aromatic carbocycles. The fourth-order valence-corrected chi connectivity index (χ4v) is 2.63. The molecule has 0 aliphatic heterocycles. The van der Waals surface area contributed by atoms with Crippen LogP contribution < -0.4 is 11.1 Å². The average molecular weight is 269 g/mol. The van der Waals surface area contributed by atoms with Crippen molar-refractivity contribution >= 4 is 16.8 Å². The number of nitrogens with one attached hydrogen (secondary N) is 1. The van der Waals surface area contributed by atoms with Crippen molar-refractivity contribution in [3.05, 3.63) is 42.1 Å². The summed E-state index contributed by atoms with van der Waals surface area (Å²) in [6.07, 6.45) is 0.826. The van der Waals surface area contributed by atoms with E-state index in [1.807, 2.05) is 30.3 Å². The van der Waals surface area contributed by atoms with Crippen LogP contribution in [-0.2, 0) is 0 Å². The van der Waals surface area contributed by atoms with E-state index in [1.54, 1.807) is 6.07 Å². The van der Waals surface area contributed by atoms with Gasteiger partial charge in [0.05, 0.1) is 5.52 Å². The van der Waals surface area contributed by atoms with Crippen molar-refractivity contribution in [3.63, 3.8) is 0 Å². The van der Waals surface area contributed by atoms with E-state index >= 15 is 0 Å². The normalized spacial score (nSPS) is 24.1. The summed E-state index contributed by atoms with van der Waals surface area (Å²) in [5.74, 6) is -0.124. The van der Waals surface area contributed by atoms with E-state index in [1.165, 1.54) is 0 Å². The first-order valence-corrected chi connectivity index (χ1v) is 6.91. The molecule has 1 saturated carbocycles. The number of aromatic nitrogens is 1. The van der Waals surface area contributed by atoms with Gasteiger partial charge in [-0.2, -0.15) is 0 Å². The second-order valence-corrected chi connectivity index (χ2v) is 6.08. The third kappa shape index (κ3) is 2.06. The minimum Gasteiger partial charge on any atom is -0.347 e. The van der Waals surface area contributed by atoms with Crippen molar-refractivity contribution < 1.29 is 4.79 Å². The molecule has 4 heteroatoms. The zero-order chi connectivity index (χ0) is 14.3. The zero-order valence-corrected chi connectivity index (χ0v) is 11.8. The van der Waals surface area contributed by atoms with Crippen LogP contribution >= 0.6 is 0 Å². The lowest BCUT2D eigenvalue weighted by molar-refractivity contribution is 0.0583. The van der Waals surface area contributed by atoms with Gasteiger partial charge in [0.15, 0.2) is 0 Å². The molecule has 2 unspecified atom stereocenters. The molecule has 0 bridgehead atoms. The molecule has 3 N–H and O–H groups in total. The van der Waals surface area contributed by atoms with E-state index in [4.69, 9.17) is 5.73 Å². The van der Waals surface area contributed by atoms with Gasteiger partial charge in [0, 0.05) is 22.9 Å². The number of benzene rings is 1. The molecule has 4 nitrogen and oxygen atoms in total. The molecule has 1 aliphatic carbocycles. The average Bonchev–Trinajstić information content (AvgIpc) is 2.46. The highest BCUT2D eigenvalue weighted by molar-refractivity contribution is 5.95. The van der Waals surface area contributed by atoms with Gasteiger partial charge in [-0.1, -0.05) is 38.1 Å². The number of carbonyl (C=O) groups excluding carboxylic acids is 1. The summed E-state index contributed by atoms with van der Waals surface area (Å²) in [6, 6.07) is 11.7. The Morgan fingerprint density at radius 3 is 2.75 bits per heavy atom. The highest BCUT2D eigenvalue weighted by Gasteiger charge is 2.46. The zero-order valence-electron chi connectivity index (χ0n) is 11.8. The Labute approximate surface area is 118 Å². The molecule has 104 valence electrons. The molecule has 20 heavy (non-hydrogen) atoms. The van der Waals surface area contributed by atoms with Gasteiger partial charge >= 0.3 is 0 Å². The van der Waals surface area contributed by atoms with Crippen molar-refractivity contribution in [3.8, 4) is 0 Å². The minimum absolute atomic E-state index is 0.0491. The number of fused-ring (bicyclic) bond motifs is 1. The molecular weight excluding hydrogens is 250 g/mol. The fraction of sp³-hybridized carbons (Fsp3) is 0.375. The Kier molecular flexibility index (Phi) is 2.98. The van der Waals surface area contributed by atoms with Gasteiger partial charge < -0.3 is 11.1 Å². The molecule has 0 saturated heterocycles. The number of nitrogens with two attached hydrogens (primary N) is 1. The summed E-state index contributed by atoms with van der Waals surface area (Å²) in [6.45, 7) is 4.17. The van der Waals surface area contributed by atoms with Crippen LogP contribution in [0.3, 0.4) is 0 Å². The molecule has 2 aromatic rings. The maximum atomic E-state index is 12.3. The van der Waals surface area contributed by atoms with E-state index in [0.717, 1.165) is 17.3 Å². The first-order valence-electron chi connectivity index (χ1n) is 6.91. The van der Waals surface area contributed by atoms with Crippen molar-refractivity contribution in [2.75, 3.05) is 0 Å². The van der Waals surface area contributed by atoms with Gasteiger partial charge in [0.25, 0.3) is 5.91 Å². The predicted octanol–water partition coefficient (Wildman–Crippen LogP) is 2.09. The van der Waals surface area contributed by atoms with Crippen LogP contribution in [0.4, 0.5) is 0 Å². The molecule has 2 atom stereocenters. The maximum Gasteiger partial charge on any atom is 0.270 e. The van der Waals surface area contributed by atoms with Crippen molar-refractivity contribution in [2.24, 2.45) is 11.1 Å². The summed E-state index contributed by atoms with van der Waals surface area (Å²) in [4.78, 5) is 16.7. The largest absolute Gasteiger partial charge is 0.347 e. The Bertz CT molecular complexity index is 666. The molecule has 1 aromatic heterocycles. The summed E-state index contributed by atoms with van der Waals surface area (Å²) in [7, 11) is 0. The van der Waals surface area contributed by atoms with Crippen LogP contribution in [0.5, 0.6) is 0 Å². The number of pyridine rings is 1. The highest BCUT2D eigenvalue weighted by atomic mass is 16.2. The maximum absolute atomic E-state index is 12.3. The first kappa shape index (κ1) is 13.1. The van der Waals surface area contributed by atoms with Crippen LogP contribution in [0, 0.1) is 5.41 Å². The van der Waals surface area contributed by atoms with E-state index < -0.39 is 0 Å². The van der Waals surface area contributed by atoms with E-state index in [2.05, 4.69) is 24.1 Å². The number of para-hydroxylation sites is 1. The van der Waals surface area contributed by atoms with Gasteiger partial charge in [0.2, 0.25) is 0 Å². The summed E-state index contributed by atoms with van der Waals surface area (Å²) in [5.41, 5.74) is 7.22. The van der Waals surface area contributed by atoms with E-state index in [0.29, 0.717) is 5.69 Å². The number of hydrogen-bond donors (Lipinski definition) is 2. The molecule has 0 radical (unpaired) electrons. The van der Waals surface area contributed by atoms with Gasteiger partial charge in [0.1, 0.15) is 5.69 Å². The monoisotopic (exact) mass is 269 g/mol. The van der Waals surface area contributed by atoms with Crippen LogP contribution in [0.25, 0.3) is 10.9 Å². The molecule has 1 heterocycles. The van der Waals surface area contributed by atoms with Crippen molar-refractivity contribution in [2.45, 2.75) is 32.4 Å². The summed E-state index contributed by atoms with van der Waals surface area (Å²) < 4.78 is 0. The van der Waals surface area contributed by atoms with Gasteiger partial charge in [-0.3, -0.25) is 4.79 Å². The standard InChI is InChI=1S/C16H19N3O/c1-16(2)13(17)9-14(16)19-15(20)12-8-7-10-5-3-4-6-11(10)18-12/h3-8,13-14H,9,17H2,1-2H3,(H,19,20). The van der Waals surface area contributed by atoms with Crippen LogP contribution in [0.2, 0.25) is 0 Å². The second-order valence-electron chi connectivity index (χ2n) is 6.08. The summed E-state index contributed by atoms with van der Waals surface area (Å²) in [5, 5.41) is 4.07. The Morgan fingerprint density at radius 1 is 1.30 bits per heavy atom. The predicted molar refractivity (Wildman–Crippen MR) is 79.4 cm³/mol. The van der Waals surface area contributed by atoms with Crippen LogP contribution in [-0.4, -0.2) is 23.0 Å². The van der Waals surface area contributed by atoms with E-state index in [9.17, 15) is 4.79 Å². The van der Waals surface area contributed by atoms with Gasteiger partial charge in [-0.05, 0) is 18.6 Å². The lowest BCUT2D eigenvalue weighted by Crippen LogP contribution is -2.64. The molecule has 1 fully saturated rings. The van der Waals surface area contributed by atoms with Crippen molar-refractivity contribution in [1.29, 1.82) is 0 Å². The lowest BCUT2D eigenvalue weighted by atomic mass is 9.63. The molecule has 1 amide bonds. The third-order valence-corrected chi connectivity index (χ3v) is 4.48. The van der Waals surface area contributed by atoms with Crippen LogP contribution in [0.15, 0.2) is 36.4 Å². The fourth-order valence-electron chi connectivity index (χ4n) is 2.63. The number of amides is 1. The van der Waals surface area contributed by atoms with Gasteiger partial charge in [-0.15, -0.1) is 0 Å². The molecule has 0 spiro atoms. The topological polar surface area (TPSA) is 68.0 Å². The lowest BCUT2D eigenvalue weighted by Gasteiger charge is -2.50. The first-order chi connectivity index (χ1) is 9.48. The number of nitrogens with zero attached hydrogens (tertiary/aromatic N) is 1. The Hall–Kier alpha value is -1.94. The molecule has 1 aliphatic rings. The second kappa shape index (κ2) is 4.56. The number of carbonyl (C=O) groups is 1. The molecular formula is C16H19N3O. The SMILES string of the molecule is CC1(C)C(N)CC1NC(=O)c1ccc2ccccc2n1. The van der Waals surface area contributed by atoms with Crippen LogP contribution in [0.1, 0.15) is 30.8 Å².